The molecule has 0 bridgehead atoms. The van der Waals surface area contributed by atoms with Gasteiger partial charge in [0.25, 0.3) is 0 Å². The van der Waals surface area contributed by atoms with Crippen molar-refractivity contribution in [2.75, 3.05) is 45.9 Å². The highest BCUT2D eigenvalue weighted by Gasteiger charge is 2.25. The molecule has 0 amide bonds. The van der Waals surface area contributed by atoms with Crippen molar-refractivity contribution in [2.45, 2.75) is 220 Å². The first-order valence-corrected chi connectivity index (χ1v) is 24.9. The largest absolute Gasteiger partial charge is 0.466 e. The molecule has 0 aromatic carbocycles. The number of hydrogen-bond donors (Lipinski definition) is 0. The summed E-state index contributed by atoms with van der Waals surface area (Å²) < 4.78 is 11.3. The third-order valence-corrected chi connectivity index (χ3v) is 11.9. The molecule has 58 heavy (non-hydrogen) atoms. The number of carbonyl (C=O) groups excluding carboxylic acids is 2. The Morgan fingerprint density at radius 1 is 0.534 bits per heavy atom. The van der Waals surface area contributed by atoms with Crippen LogP contribution in [0.25, 0.3) is 0 Å². The fourth-order valence-electron chi connectivity index (χ4n) is 7.71. The van der Waals surface area contributed by atoms with Crippen molar-refractivity contribution in [3.8, 4) is 0 Å². The summed E-state index contributed by atoms with van der Waals surface area (Å²) in [5.41, 5.74) is 0. The minimum Gasteiger partial charge on any atom is -0.466 e. The van der Waals surface area contributed by atoms with Crippen LogP contribution < -0.4 is 0 Å². The number of rotatable bonds is 40. The van der Waals surface area contributed by atoms with Gasteiger partial charge < -0.3 is 14.4 Å². The van der Waals surface area contributed by atoms with Crippen molar-refractivity contribution in [1.29, 1.82) is 0 Å². The van der Waals surface area contributed by atoms with Crippen LogP contribution in [0.5, 0.6) is 0 Å². The van der Waals surface area contributed by atoms with Gasteiger partial charge in [-0.05, 0) is 103 Å². The minimum absolute atomic E-state index is 0.120. The van der Waals surface area contributed by atoms with Crippen molar-refractivity contribution in [1.82, 2.24) is 9.80 Å². The molecule has 0 N–H and O–H groups in total. The predicted molar refractivity (Wildman–Crippen MR) is 250 cm³/mol. The maximum Gasteiger partial charge on any atom is 0.307 e. The van der Waals surface area contributed by atoms with E-state index in [9.17, 15) is 9.59 Å². The van der Waals surface area contributed by atoms with Crippen LogP contribution in [0.15, 0.2) is 48.6 Å². The molecule has 1 saturated heterocycles. The molecule has 336 valence electrons. The maximum atomic E-state index is 12.7. The standard InChI is InChI=1S/C52H94N2O4/c1-5-8-10-12-14-16-18-20-22-24-26-28-30-32-34-36-46-57-51(55)40-42-53(44-45-54-48-50(7-3)39-38-49(54)4)43-41-52(56)58-47-37-35-33-31-29-27-25-23-21-19-17-15-13-11-9-6-2/h14-17,20-23,49-50H,5-13,18-19,24-48H2,1-4H3/b16-14-,17-15-,22-20-,23-21-. The third kappa shape index (κ3) is 34.7. The van der Waals surface area contributed by atoms with E-state index in [1.54, 1.807) is 0 Å². The van der Waals surface area contributed by atoms with Crippen LogP contribution in [0.2, 0.25) is 0 Å². The zero-order chi connectivity index (χ0) is 42.0. The molecule has 1 aliphatic heterocycles. The Balaban J connectivity index is 2.22. The lowest BCUT2D eigenvalue weighted by Crippen LogP contribution is -2.46. The molecule has 1 aliphatic rings. The fraction of sp³-hybridized carbons (Fsp3) is 0.808. The van der Waals surface area contributed by atoms with E-state index in [0.717, 1.165) is 64.1 Å². The second-order valence-electron chi connectivity index (χ2n) is 17.1. The lowest BCUT2D eigenvalue weighted by atomic mass is 9.91. The molecular formula is C52H94N2O4. The Morgan fingerprint density at radius 3 is 1.38 bits per heavy atom. The van der Waals surface area contributed by atoms with Gasteiger partial charge in [0.1, 0.15) is 0 Å². The topological polar surface area (TPSA) is 59.1 Å². The van der Waals surface area contributed by atoms with E-state index in [-0.39, 0.29) is 11.9 Å². The molecule has 1 rings (SSSR count). The monoisotopic (exact) mass is 811 g/mol. The molecule has 0 aliphatic carbocycles. The SMILES string of the molecule is CCCCC/C=C\C/C=C\CCCCCCCCOC(=O)CCN(CCC(=O)OCCCCCCCC/C=C\C/C=C\CCCCC)CCN1CC(CC)CCC1C. The highest BCUT2D eigenvalue weighted by Crippen LogP contribution is 2.24. The smallest absolute Gasteiger partial charge is 0.307 e. The number of unbranched alkanes of at least 4 members (excludes halogenated alkanes) is 18. The van der Waals surface area contributed by atoms with E-state index in [2.05, 4.69) is 86.1 Å². The zero-order valence-corrected chi connectivity index (χ0v) is 38.8. The van der Waals surface area contributed by atoms with E-state index in [1.165, 1.54) is 135 Å². The normalized spacial score (nSPS) is 16.6. The molecule has 0 aromatic rings. The number of likely N-dealkylation sites (tertiary alicyclic amines) is 1. The number of esters is 2. The highest BCUT2D eigenvalue weighted by molar-refractivity contribution is 5.70. The van der Waals surface area contributed by atoms with Crippen molar-refractivity contribution < 1.29 is 19.1 Å². The van der Waals surface area contributed by atoms with E-state index in [0.29, 0.717) is 45.2 Å². The average Bonchev–Trinajstić information content (AvgIpc) is 3.23. The van der Waals surface area contributed by atoms with Crippen molar-refractivity contribution in [3.63, 3.8) is 0 Å². The van der Waals surface area contributed by atoms with Crippen molar-refractivity contribution in [3.05, 3.63) is 48.6 Å². The van der Waals surface area contributed by atoms with Gasteiger partial charge in [-0.15, -0.1) is 0 Å². The van der Waals surface area contributed by atoms with Gasteiger partial charge in [0.2, 0.25) is 0 Å². The van der Waals surface area contributed by atoms with Crippen molar-refractivity contribution >= 4 is 11.9 Å². The van der Waals surface area contributed by atoms with Gasteiger partial charge in [0, 0.05) is 38.8 Å². The quantitative estimate of drug-likeness (QED) is 0.0349. The summed E-state index contributed by atoms with van der Waals surface area (Å²) in [6, 6.07) is 0.586. The van der Waals surface area contributed by atoms with E-state index in [4.69, 9.17) is 9.47 Å². The summed E-state index contributed by atoms with van der Waals surface area (Å²) >= 11 is 0. The molecule has 0 aromatic heterocycles. The molecule has 6 heteroatoms. The Morgan fingerprint density at radius 2 is 0.948 bits per heavy atom. The van der Waals surface area contributed by atoms with Crippen LogP contribution in [-0.2, 0) is 19.1 Å². The summed E-state index contributed by atoms with van der Waals surface area (Å²) in [6.45, 7) is 14.4. The molecular weight excluding hydrogens is 717 g/mol. The van der Waals surface area contributed by atoms with Gasteiger partial charge >= 0.3 is 11.9 Å². The number of piperidine rings is 1. The van der Waals surface area contributed by atoms with Crippen LogP contribution >= 0.6 is 0 Å². The molecule has 0 spiro atoms. The molecule has 2 unspecified atom stereocenters. The first-order valence-electron chi connectivity index (χ1n) is 24.9. The summed E-state index contributed by atoms with van der Waals surface area (Å²) in [5, 5.41) is 0. The summed E-state index contributed by atoms with van der Waals surface area (Å²) in [4.78, 5) is 30.3. The Hall–Kier alpha value is -2.18. The van der Waals surface area contributed by atoms with Crippen LogP contribution in [0.1, 0.15) is 214 Å². The first-order chi connectivity index (χ1) is 28.5. The number of hydrogen-bond acceptors (Lipinski definition) is 6. The molecule has 0 radical (unpaired) electrons. The average molecular weight is 811 g/mol. The number of nitrogens with zero attached hydrogens (tertiary/aromatic N) is 2. The Labute approximate surface area is 360 Å². The van der Waals surface area contributed by atoms with E-state index < -0.39 is 0 Å². The van der Waals surface area contributed by atoms with Gasteiger partial charge in [0.05, 0.1) is 26.1 Å². The lowest BCUT2D eigenvalue weighted by Gasteiger charge is -2.38. The molecule has 0 saturated carbocycles. The fourth-order valence-corrected chi connectivity index (χ4v) is 7.71. The lowest BCUT2D eigenvalue weighted by molar-refractivity contribution is -0.144. The highest BCUT2D eigenvalue weighted by atomic mass is 16.5. The molecule has 1 heterocycles. The second-order valence-corrected chi connectivity index (χ2v) is 17.1. The maximum absolute atomic E-state index is 12.7. The van der Waals surface area contributed by atoms with Gasteiger partial charge in [-0.25, -0.2) is 0 Å². The van der Waals surface area contributed by atoms with E-state index >= 15 is 0 Å². The van der Waals surface area contributed by atoms with Crippen LogP contribution in [0.4, 0.5) is 0 Å². The number of carbonyl (C=O) groups is 2. The third-order valence-electron chi connectivity index (χ3n) is 11.9. The summed E-state index contributed by atoms with van der Waals surface area (Å²) in [7, 11) is 0. The molecule has 6 nitrogen and oxygen atoms in total. The minimum atomic E-state index is -0.120. The second kappa shape index (κ2) is 41.5. The number of ether oxygens (including phenoxy) is 2. The van der Waals surface area contributed by atoms with Crippen LogP contribution in [0, 0.1) is 5.92 Å². The van der Waals surface area contributed by atoms with Crippen LogP contribution in [-0.4, -0.2) is 73.7 Å². The van der Waals surface area contributed by atoms with Gasteiger partial charge in [-0.1, -0.05) is 153 Å². The summed E-state index contributed by atoms with van der Waals surface area (Å²) in [5.74, 6) is 0.531. The Kier molecular flexibility index (Phi) is 38.6. The molecule has 1 fully saturated rings. The van der Waals surface area contributed by atoms with E-state index in [1.807, 2.05) is 0 Å². The van der Waals surface area contributed by atoms with Crippen molar-refractivity contribution in [2.24, 2.45) is 5.92 Å². The first kappa shape index (κ1) is 53.8. The van der Waals surface area contributed by atoms with Gasteiger partial charge in [-0.3, -0.25) is 14.5 Å². The summed E-state index contributed by atoms with van der Waals surface area (Å²) in [6.07, 6.45) is 51.9. The van der Waals surface area contributed by atoms with Gasteiger partial charge in [-0.2, -0.15) is 0 Å². The predicted octanol–water partition coefficient (Wildman–Crippen LogP) is 14.3. The number of allylic oxidation sites excluding steroid dienone is 8. The Bertz CT molecular complexity index is 986. The van der Waals surface area contributed by atoms with Gasteiger partial charge in [0.15, 0.2) is 0 Å². The molecule has 2 atom stereocenters. The zero-order valence-electron chi connectivity index (χ0n) is 38.8. The van der Waals surface area contributed by atoms with Crippen LogP contribution in [0.3, 0.4) is 0 Å².